The van der Waals surface area contributed by atoms with Gasteiger partial charge in [0.1, 0.15) is 0 Å². The summed E-state index contributed by atoms with van der Waals surface area (Å²) in [4.78, 5) is 17.6. The van der Waals surface area contributed by atoms with E-state index in [4.69, 9.17) is 0 Å². The molecule has 2 unspecified atom stereocenters. The predicted molar refractivity (Wildman–Crippen MR) is 90.3 cm³/mol. The van der Waals surface area contributed by atoms with Gasteiger partial charge in [-0.1, -0.05) is 23.5 Å². The van der Waals surface area contributed by atoms with Crippen molar-refractivity contribution >= 4 is 32.6 Å². The highest BCUT2D eigenvalue weighted by Gasteiger charge is 2.60. The van der Waals surface area contributed by atoms with Crippen LogP contribution in [0, 0.1) is 17.3 Å². The molecule has 4 fully saturated rings. The third kappa shape index (κ3) is 2.13. The first-order chi connectivity index (χ1) is 11.0. The molecule has 23 heavy (non-hydrogen) atoms. The second kappa shape index (κ2) is 4.54. The van der Waals surface area contributed by atoms with Crippen LogP contribution in [-0.4, -0.2) is 21.6 Å². The van der Waals surface area contributed by atoms with Gasteiger partial charge in [-0.25, -0.2) is 4.98 Å². The molecule has 1 heterocycles. The van der Waals surface area contributed by atoms with E-state index in [2.05, 4.69) is 10.3 Å². The topological polar surface area (TPSA) is 62.2 Å². The minimum atomic E-state index is -0.602. The number of thiazole rings is 1. The van der Waals surface area contributed by atoms with Crippen molar-refractivity contribution in [2.45, 2.75) is 44.1 Å². The Balaban J connectivity index is 1.44. The highest BCUT2D eigenvalue weighted by Crippen LogP contribution is 2.61. The molecule has 1 aromatic heterocycles. The number of fused-ring (bicyclic) bond motifs is 1. The van der Waals surface area contributed by atoms with E-state index in [0.29, 0.717) is 23.4 Å². The molecule has 0 radical (unpaired) electrons. The van der Waals surface area contributed by atoms with Crippen molar-refractivity contribution in [1.29, 1.82) is 0 Å². The number of rotatable bonds is 2. The summed E-state index contributed by atoms with van der Waals surface area (Å²) in [5, 5.41) is 14.5. The number of carbonyl (C=O) groups excluding carboxylic acids is 1. The fourth-order valence-corrected chi connectivity index (χ4v) is 6.50. The molecule has 4 bridgehead atoms. The molecular weight excluding hydrogens is 308 g/mol. The smallest absolute Gasteiger partial charge is 0.232 e. The molecule has 4 aliphatic rings. The van der Waals surface area contributed by atoms with Gasteiger partial charge in [0.2, 0.25) is 5.91 Å². The molecule has 5 heteroatoms. The predicted octanol–water partition coefficient (Wildman–Crippen LogP) is 3.57. The Morgan fingerprint density at radius 3 is 2.65 bits per heavy atom. The highest BCUT2D eigenvalue weighted by atomic mass is 32.1. The van der Waals surface area contributed by atoms with Crippen LogP contribution < -0.4 is 5.32 Å². The van der Waals surface area contributed by atoms with E-state index in [1.54, 1.807) is 0 Å². The molecule has 1 aromatic carbocycles. The Hall–Kier alpha value is -1.46. The first kappa shape index (κ1) is 13.9. The first-order valence-corrected chi connectivity index (χ1v) is 9.25. The summed E-state index contributed by atoms with van der Waals surface area (Å²) in [7, 11) is 0. The lowest BCUT2D eigenvalue weighted by molar-refractivity contribution is -0.174. The van der Waals surface area contributed by atoms with Crippen LogP contribution in [0.3, 0.4) is 0 Å². The number of aromatic nitrogens is 1. The van der Waals surface area contributed by atoms with Crippen molar-refractivity contribution in [3.63, 3.8) is 0 Å². The SMILES string of the molecule is O=C(Nc1nc2ccccc2s1)C12C[C@@H]3C[C@@H](CC(O)(C3)C1)C2. The molecule has 120 valence electrons. The van der Waals surface area contributed by atoms with Gasteiger partial charge in [-0.15, -0.1) is 0 Å². The summed E-state index contributed by atoms with van der Waals surface area (Å²) in [5.74, 6) is 1.11. The maximum absolute atomic E-state index is 13.0. The highest BCUT2D eigenvalue weighted by molar-refractivity contribution is 7.22. The van der Waals surface area contributed by atoms with Crippen LogP contribution in [-0.2, 0) is 4.79 Å². The lowest BCUT2D eigenvalue weighted by Crippen LogP contribution is -2.59. The van der Waals surface area contributed by atoms with E-state index in [1.807, 2.05) is 24.3 Å². The van der Waals surface area contributed by atoms with Gasteiger partial charge in [-0.3, -0.25) is 4.79 Å². The number of para-hydroxylation sites is 1. The van der Waals surface area contributed by atoms with Gasteiger partial charge in [0.15, 0.2) is 5.13 Å². The first-order valence-electron chi connectivity index (χ1n) is 8.43. The zero-order chi connectivity index (χ0) is 15.7. The fraction of sp³-hybridized carbons (Fsp3) is 0.556. The maximum atomic E-state index is 13.0. The summed E-state index contributed by atoms with van der Waals surface area (Å²) in [6.45, 7) is 0. The largest absolute Gasteiger partial charge is 0.390 e. The molecule has 4 nitrogen and oxygen atoms in total. The molecule has 2 N–H and O–H groups in total. The summed E-state index contributed by atoms with van der Waals surface area (Å²) < 4.78 is 1.09. The zero-order valence-corrected chi connectivity index (χ0v) is 13.7. The number of hydrogen-bond acceptors (Lipinski definition) is 4. The average Bonchev–Trinajstić information content (AvgIpc) is 2.86. The number of hydrogen-bond donors (Lipinski definition) is 2. The third-order valence-corrected chi connectivity index (χ3v) is 6.98. The Labute approximate surface area is 138 Å². The van der Waals surface area contributed by atoms with Crippen LogP contribution in [0.15, 0.2) is 24.3 Å². The van der Waals surface area contributed by atoms with Gasteiger partial charge >= 0.3 is 0 Å². The summed E-state index contributed by atoms with van der Waals surface area (Å²) in [6, 6.07) is 7.94. The molecule has 0 spiro atoms. The van der Waals surface area contributed by atoms with E-state index >= 15 is 0 Å². The Kier molecular flexibility index (Phi) is 2.75. The van der Waals surface area contributed by atoms with E-state index in [0.717, 1.165) is 35.9 Å². The second-order valence-corrected chi connectivity index (χ2v) is 8.94. The number of amides is 1. The van der Waals surface area contributed by atoms with E-state index < -0.39 is 5.60 Å². The van der Waals surface area contributed by atoms with Gasteiger partial charge < -0.3 is 10.4 Å². The Morgan fingerprint density at radius 1 is 1.22 bits per heavy atom. The summed E-state index contributed by atoms with van der Waals surface area (Å²) >= 11 is 1.52. The van der Waals surface area contributed by atoms with Gasteiger partial charge in [0.05, 0.1) is 21.2 Å². The molecule has 0 saturated heterocycles. The molecule has 4 atom stereocenters. The zero-order valence-electron chi connectivity index (χ0n) is 12.9. The van der Waals surface area contributed by atoms with Crippen LogP contribution in [0.5, 0.6) is 0 Å². The molecule has 4 aliphatic carbocycles. The summed E-state index contributed by atoms with van der Waals surface area (Å²) in [5.41, 5.74) is -0.0527. The lowest BCUT2D eigenvalue weighted by atomic mass is 9.47. The van der Waals surface area contributed by atoms with Crippen LogP contribution in [0.25, 0.3) is 10.2 Å². The van der Waals surface area contributed by atoms with Crippen LogP contribution in [0.4, 0.5) is 5.13 Å². The molecule has 2 aromatic rings. The van der Waals surface area contributed by atoms with Crippen molar-refractivity contribution in [3.05, 3.63) is 24.3 Å². The average molecular weight is 328 g/mol. The number of anilines is 1. The second-order valence-electron chi connectivity index (χ2n) is 7.91. The van der Waals surface area contributed by atoms with E-state index in [-0.39, 0.29) is 11.3 Å². The third-order valence-electron chi connectivity index (χ3n) is 6.03. The van der Waals surface area contributed by atoms with Crippen LogP contribution in [0.2, 0.25) is 0 Å². The van der Waals surface area contributed by atoms with E-state index in [1.165, 1.54) is 17.8 Å². The van der Waals surface area contributed by atoms with Crippen LogP contribution >= 0.6 is 11.3 Å². The Morgan fingerprint density at radius 2 is 1.96 bits per heavy atom. The van der Waals surface area contributed by atoms with Crippen molar-refractivity contribution in [1.82, 2.24) is 4.98 Å². The maximum Gasteiger partial charge on any atom is 0.232 e. The number of carbonyl (C=O) groups is 1. The molecule has 1 amide bonds. The van der Waals surface area contributed by atoms with Crippen molar-refractivity contribution < 1.29 is 9.90 Å². The minimum Gasteiger partial charge on any atom is -0.390 e. The number of nitrogens with zero attached hydrogens (tertiary/aromatic N) is 1. The van der Waals surface area contributed by atoms with Crippen molar-refractivity contribution in [3.8, 4) is 0 Å². The normalized spacial score (nSPS) is 38.1. The number of benzene rings is 1. The molecule has 0 aliphatic heterocycles. The summed E-state index contributed by atoms with van der Waals surface area (Å²) in [6.07, 6.45) is 5.46. The van der Waals surface area contributed by atoms with Gasteiger partial charge in [0, 0.05) is 0 Å². The lowest BCUT2D eigenvalue weighted by Gasteiger charge is -2.59. The standard InChI is InChI=1S/C18H20N2O2S/c21-15(20-16-19-13-3-1-2-4-14(13)23-16)17-6-11-5-12(7-17)9-18(22,8-11)10-17/h1-4,11-12,22H,5-10H2,(H,19,20,21)/t11-,12+,17?,18?. The molecular formula is C18H20N2O2S. The molecule has 6 rings (SSSR count). The minimum absolute atomic E-state index is 0.0732. The van der Waals surface area contributed by atoms with Gasteiger partial charge in [0.25, 0.3) is 0 Å². The number of aliphatic hydroxyl groups is 1. The van der Waals surface area contributed by atoms with Gasteiger partial charge in [-0.2, -0.15) is 0 Å². The van der Waals surface area contributed by atoms with E-state index in [9.17, 15) is 9.90 Å². The fourth-order valence-electron chi connectivity index (χ4n) is 5.64. The Bertz CT molecular complexity index is 752. The molecule has 4 saturated carbocycles. The van der Waals surface area contributed by atoms with Crippen molar-refractivity contribution in [2.75, 3.05) is 5.32 Å². The van der Waals surface area contributed by atoms with Gasteiger partial charge in [-0.05, 0) is 62.5 Å². The monoisotopic (exact) mass is 328 g/mol. The quantitative estimate of drug-likeness (QED) is 0.886. The number of nitrogens with one attached hydrogen (secondary N) is 1. The van der Waals surface area contributed by atoms with Crippen LogP contribution in [0.1, 0.15) is 38.5 Å². The van der Waals surface area contributed by atoms with Crippen molar-refractivity contribution in [2.24, 2.45) is 17.3 Å².